The number of amides is 1. The van der Waals surface area contributed by atoms with Crippen molar-refractivity contribution in [3.8, 4) is 6.07 Å². The zero-order chi connectivity index (χ0) is 6.74. The van der Waals surface area contributed by atoms with Gasteiger partial charge >= 0.3 is 6.41 Å². The molecule has 0 saturated heterocycles. The maximum absolute atomic E-state index is 9.78. The Morgan fingerprint density at radius 2 is 2.22 bits per heavy atom. The second-order valence-electron chi connectivity index (χ2n) is 2.27. The summed E-state index contributed by atoms with van der Waals surface area (Å²) in [6.07, 6.45) is 4.12. The van der Waals surface area contributed by atoms with E-state index in [1.165, 1.54) is 6.41 Å². The molecular formula is C6H7N2O. The van der Waals surface area contributed by atoms with Gasteiger partial charge in [0.25, 0.3) is 0 Å². The number of carbonyl (C=O) groups excluding carboxylic acids is 1. The first-order valence-corrected chi connectivity index (χ1v) is 2.88. The summed E-state index contributed by atoms with van der Waals surface area (Å²) in [6.45, 7) is 0. The number of nitrogens with one attached hydrogen (secondary N) is 1. The first-order chi connectivity index (χ1) is 4.33. The van der Waals surface area contributed by atoms with Gasteiger partial charge in [-0.15, -0.1) is 0 Å². The minimum atomic E-state index is -0.554. The van der Waals surface area contributed by atoms with Crippen molar-refractivity contribution in [2.75, 3.05) is 0 Å². The third-order valence-electron chi connectivity index (χ3n) is 1.71. The molecule has 0 heterocycles. The minimum Gasteiger partial charge on any atom is -0.329 e. The minimum absolute atomic E-state index is 0.554. The monoisotopic (exact) mass is 123 g/mol. The number of hydrogen-bond donors (Lipinski definition) is 1. The molecule has 0 bridgehead atoms. The summed E-state index contributed by atoms with van der Waals surface area (Å²) in [5, 5.41) is 10.9. The van der Waals surface area contributed by atoms with E-state index in [4.69, 9.17) is 5.26 Å². The second kappa shape index (κ2) is 2.06. The van der Waals surface area contributed by atoms with Gasteiger partial charge in [0.1, 0.15) is 5.54 Å². The van der Waals surface area contributed by atoms with Crippen LogP contribution in [-0.2, 0) is 4.79 Å². The molecule has 47 valence electrons. The Bertz CT molecular complexity index is 155. The van der Waals surface area contributed by atoms with E-state index in [2.05, 4.69) is 5.32 Å². The third kappa shape index (κ3) is 0.879. The van der Waals surface area contributed by atoms with Crippen molar-refractivity contribution in [3.63, 3.8) is 0 Å². The highest BCUT2D eigenvalue weighted by Crippen LogP contribution is 2.30. The van der Waals surface area contributed by atoms with E-state index < -0.39 is 5.54 Å². The largest absolute Gasteiger partial charge is 0.329 e. The molecule has 0 spiro atoms. The van der Waals surface area contributed by atoms with E-state index in [-0.39, 0.29) is 0 Å². The van der Waals surface area contributed by atoms with Gasteiger partial charge in [0, 0.05) is 0 Å². The smallest absolute Gasteiger partial charge is 0.310 e. The lowest BCUT2D eigenvalue weighted by Gasteiger charge is -2.33. The molecule has 1 amide bonds. The summed E-state index contributed by atoms with van der Waals surface area (Å²) in [6, 6.07) is 2.04. The van der Waals surface area contributed by atoms with Crippen LogP contribution in [0.2, 0.25) is 0 Å². The molecule has 1 radical (unpaired) electrons. The van der Waals surface area contributed by atoms with E-state index in [9.17, 15) is 4.79 Å². The lowest BCUT2D eigenvalue weighted by atomic mass is 9.78. The van der Waals surface area contributed by atoms with Crippen LogP contribution in [0.25, 0.3) is 0 Å². The molecule has 1 saturated carbocycles. The molecule has 0 aromatic rings. The summed E-state index contributed by atoms with van der Waals surface area (Å²) >= 11 is 0. The lowest BCUT2D eigenvalue weighted by molar-refractivity contribution is 0.288. The van der Waals surface area contributed by atoms with Gasteiger partial charge in [-0.3, -0.25) is 4.79 Å². The standard InChI is InChI=1S/C6H7N2O/c7-4-6(8-5-9)2-1-3-6/h1-3H2,(H,8,9). The van der Waals surface area contributed by atoms with Crippen LogP contribution in [0.5, 0.6) is 0 Å². The average Bonchev–Trinajstić information content (AvgIpc) is 1.79. The van der Waals surface area contributed by atoms with Crippen LogP contribution in [0.15, 0.2) is 0 Å². The van der Waals surface area contributed by atoms with Crippen LogP contribution >= 0.6 is 0 Å². The molecular weight excluding hydrogens is 116 g/mol. The predicted octanol–water partition coefficient (Wildman–Crippen LogP) is 0.0895. The number of nitrogens with zero attached hydrogens (tertiary/aromatic N) is 1. The van der Waals surface area contributed by atoms with E-state index >= 15 is 0 Å². The maximum atomic E-state index is 9.78. The maximum Gasteiger partial charge on any atom is 0.310 e. The summed E-state index contributed by atoms with van der Waals surface area (Å²) in [7, 11) is 0. The van der Waals surface area contributed by atoms with E-state index in [1.54, 1.807) is 0 Å². The molecule has 0 aromatic carbocycles. The van der Waals surface area contributed by atoms with Crippen LogP contribution in [0.1, 0.15) is 19.3 Å². The van der Waals surface area contributed by atoms with Gasteiger partial charge in [0.2, 0.25) is 0 Å². The molecule has 0 unspecified atom stereocenters. The van der Waals surface area contributed by atoms with Crippen LogP contribution in [0, 0.1) is 11.3 Å². The third-order valence-corrected chi connectivity index (χ3v) is 1.71. The molecule has 1 aliphatic rings. The van der Waals surface area contributed by atoms with E-state index in [0.29, 0.717) is 0 Å². The Morgan fingerprint density at radius 3 is 2.33 bits per heavy atom. The van der Waals surface area contributed by atoms with Crippen molar-refractivity contribution < 1.29 is 4.79 Å². The number of hydrogen-bond acceptors (Lipinski definition) is 2. The van der Waals surface area contributed by atoms with Crippen molar-refractivity contribution in [2.24, 2.45) is 0 Å². The molecule has 9 heavy (non-hydrogen) atoms. The Morgan fingerprint density at radius 1 is 1.56 bits per heavy atom. The molecule has 1 N–H and O–H groups in total. The van der Waals surface area contributed by atoms with Gasteiger partial charge in [-0.05, 0) is 19.3 Å². The van der Waals surface area contributed by atoms with E-state index in [0.717, 1.165) is 19.3 Å². The first kappa shape index (κ1) is 6.09. The van der Waals surface area contributed by atoms with Gasteiger partial charge < -0.3 is 5.32 Å². The highest BCUT2D eigenvalue weighted by atomic mass is 16.1. The zero-order valence-corrected chi connectivity index (χ0v) is 4.98. The topological polar surface area (TPSA) is 52.9 Å². The number of rotatable bonds is 2. The van der Waals surface area contributed by atoms with Crippen molar-refractivity contribution in [2.45, 2.75) is 24.8 Å². The molecule has 0 aliphatic heterocycles. The SMILES string of the molecule is N#CC1(N[C]=O)CCC1. The number of nitriles is 1. The van der Waals surface area contributed by atoms with Crippen LogP contribution in [0.3, 0.4) is 0 Å². The summed E-state index contributed by atoms with van der Waals surface area (Å²) < 4.78 is 0. The fraction of sp³-hybridized carbons (Fsp3) is 0.667. The molecule has 0 aromatic heterocycles. The van der Waals surface area contributed by atoms with Crippen molar-refractivity contribution in [1.82, 2.24) is 5.32 Å². The molecule has 3 heteroatoms. The van der Waals surface area contributed by atoms with E-state index in [1.807, 2.05) is 6.07 Å². The molecule has 1 fully saturated rings. The van der Waals surface area contributed by atoms with Crippen LogP contribution in [-0.4, -0.2) is 11.9 Å². The van der Waals surface area contributed by atoms with Gasteiger partial charge in [0.15, 0.2) is 0 Å². The Hall–Kier alpha value is -1.04. The van der Waals surface area contributed by atoms with Gasteiger partial charge in [0.05, 0.1) is 6.07 Å². The first-order valence-electron chi connectivity index (χ1n) is 2.88. The lowest BCUT2D eigenvalue weighted by Crippen LogP contribution is -2.48. The summed E-state index contributed by atoms with van der Waals surface area (Å²) in [4.78, 5) is 9.78. The van der Waals surface area contributed by atoms with Crippen molar-refractivity contribution in [3.05, 3.63) is 0 Å². The highest BCUT2D eigenvalue weighted by molar-refractivity contribution is 5.51. The quantitative estimate of drug-likeness (QED) is 0.529. The average molecular weight is 123 g/mol. The van der Waals surface area contributed by atoms with Crippen LogP contribution in [0.4, 0.5) is 0 Å². The molecule has 1 aliphatic carbocycles. The van der Waals surface area contributed by atoms with Crippen molar-refractivity contribution >= 4 is 6.41 Å². The molecule has 1 rings (SSSR count). The van der Waals surface area contributed by atoms with Crippen molar-refractivity contribution in [1.29, 1.82) is 5.26 Å². The Balaban J connectivity index is 2.49. The fourth-order valence-corrected chi connectivity index (χ4v) is 0.893. The summed E-state index contributed by atoms with van der Waals surface area (Å²) in [5.74, 6) is 0. The Labute approximate surface area is 53.7 Å². The highest BCUT2D eigenvalue weighted by Gasteiger charge is 2.36. The zero-order valence-electron chi connectivity index (χ0n) is 4.98. The molecule has 3 nitrogen and oxygen atoms in total. The second-order valence-corrected chi connectivity index (χ2v) is 2.27. The Kier molecular flexibility index (Phi) is 1.39. The van der Waals surface area contributed by atoms with Gasteiger partial charge in [-0.25, -0.2) is 0 Å². The normalized spacial score (nSPS) is 21.2. The van der Waals surface area contributed by atoms with Gasteiger partial charge in [-0.2, -0.15) is 5.26 Å². The van der Waals surface area contributed by atoms with Crippen LogP contribution < -0.4 is 5.32 Å². The van der Waals surface area contributed by atoms with Gasteiger partial charge in [-0.1, -0.05) is 0 Å². The summed E-state index contributed by atoms with van der Waals surface area (Å²) in [5.41, 5.74) is -0.554. The predicted molar refractivity (Wildman–Crippen MR) is 31.0 cm³/mol. The molecule has 0 atom stereocenters. The fourth-order valence-electron chi connectivity index (χ4n) is 0.893.